The van der Waals surface area contributed by atoms with Crippen molar-refractivity contribution in [2.75, 3.05) is 10.6 Å². The highest BCUT2D eigenvalue weighted by Crippen LogP contribution is 2.34. The van der Waals surface area contributed by atoms with Crippen LogP contribution in [0.25, 0.3) is 11.3 Å². The highest BCUT2D eigenvalue weighted by molar-refractivity contribution is 6.31. The molecule has 0 radical (unpaired) electrons. The third kappa shape index (κ3) is 3.14. The number of rotatable bonds is 3. The molecule has 1 aliphatic rings. The van der Waals surface area contributed by atoms with Crippen LogP contribution in [0.2, 0.25) is 5.02 Å². The number of anilines is 3. The highest BCUT2D eigenvalue weighted by atomic mass is 35.5. The van der Waals surface area contributed by atoms with Gasteiger partial charge >= 0.3 is 0 Å². The van der Waals surface area contributed by atoms with Crippen LogP contribution in [0, 0.1) is 0 Å². The molecule has 2 aromatic carbocycles. The average Bonchev–Trinajstić information content (AvgIpc) is 2.77. The average molecular weight is 365 g/mol. The number of amides is 1. The van der Waals surface area contributed by atoms with E-state index in [4.69, 9.17) is 11.6 Å². The monoisotopic (exact) mass is 364 g/mol. The lowest BCUT2D eigenvalue weighted by Crippen LogP contribution is -2.12. The maximum atomic E-state index is 12.1. The maximum absolute atomic E-state index is 12.1. The number of hydrogen-bond donors (Lipinski definition) is 2. The van der Waals surface area contributed by atoms with Gasteiger partial charge in [-0.15, -0.1) is 0 Å². The third-order valence-corrected chi connectivity index (χ3v) is 4.26. The minimum absolute atomic E-state index is 0.138. The van der Waals surface area contributed by atoms with Crippen LogP contribution in [0.5, 0.6) is 0 Å². The molecule has 6 nitrogen and oxygen atoms in total. The number of hydrogen-bond acceptors (Lipinski definition) is 5. The standard InChI is InChI=1S/C19H13ClN4O2/c20-13-3-6-15-16(8-13)23-17(26)7-12-9-21-19(24-18(12)15)22-14-4-1-11(10-25)2-5-14/h1-6,8-10H,7H2,(H,23,26)(H,21,22,24). The Hall–Kier alpha value is -3.25. The van der Waals surface area contributed by atoms with Crippen molar-refractivity contribution in [2.24, 2.45) is 0 Å². The van der Waals surface area contributed by atoms with Gasteiger partial charge in [-0.1, -0.05) is 11.6 Å². The van der Waals surface area contributed by atoms with E-state index in [2.05, 4.69) is 20.6 Å². The Morgan fingerprint density at radius 1 is 1.15 bits per heavy atom. The molecule has 4 rings (SSSR count). The fraction of sp³-hybridized carbons (Fsp3) is 0.0526. The molecule has 1 aromatic heterocycles. The van der Waals surface area contributed by atoms with Gasteiger partial charge in [0.15, 0.2) is 0 Å². The lowest BCUT2D eigenvalue weighted by atomic mass is 10.1. The number of benzene rings is 2. The lowest BCUT2D eigenvalue weighted by molar-refractivity contribution is -0.115. The topological polar surface area (TPSA) is 84.0 Å². The predicted octanol–water partition coefficient (Wildman–Crippen LogP) is 3.85. The van der Waals surface area contributed by atoms with Crippen molar-refractivity contribution in [3.05, 3.63) is 64.8 Å². The smallest absolute Gasteiger partial charge is 0.228 e. The molecular formula is C19H13ClN4O2. The summed E-state index contributed by atoms with van der Waals surface area (Å²) in [6.45, 7) is 0. The first-order valence-corrected chi connectivity index (χ1v) is 8.28. The van der Waals surface area contributed by atoms with Crippen molar-refractivity contribution in [3.63, 3.8) is 0 Å². The summed E-state index contributed by atoms with van der Waals surface area (Å²) in [6, 6.07) is 12.3. The fourth-order valence-electron chi connectivity index (χ4n) is 2.80. The Bertz CT molecular complexity index is 1020. The Morgan fingerprint density at radius 3 is 2.73 bits per heavy atom. The Labute approximate surface area is 154 Å². The zero-order valence-corrected chi connectivity index (χ0v) is 14.2. The molecule has 128 valence electrons. The van der Waals surface area contributed by atoms with E-state index in [0.717, 1.165) is 23.1 Å². The number of carbonyl (C=O) groups excluding carboxylic acids is 2. The second-order valence-electron chi connectivity index (χ2n) is 5.85. The predicted molar refractivity (Wildman–Crippen MR) is 99.9 cm³/mol. The van der Waals surface area contributed by atoms with Crippen molar-refractivity contribution in [1.29, 1.82) is 0 Å². The quantitative estimate of drug-likeness (QED) is 0.690. The van der Waals surface area contributed by atoms with E-state index < -0.39 is 0 Å². The molecule has 2 N–H and O–H groups in total. The van der Waals surface area contributed by atoms with E-state index >= 15 is 0 Å². The van der Waals surface area contributed by atoms with E-state index in [1.54, 1.807) is 42.6 Å². The van der Waals surface area contributed by atoms with Crippen LogP contribution in [0.4, 0.5) is 17.3 Å². The minimum atomic E-state index is -0.138. The second kappa shape index (κ2) is 6.57. The number of halogens is 1. The number of aldehydes is 1. The number of aromatic nitrogens is 2. The number of carbonyl (C=O) groups is 2. The summed E-state index contributed by atoms with van der Waals surface area (Å²) in [4.78, 5) is 31.7. The summed E-state index contributed by atoms with van der Waals surface area (Å²) in [5.74, 6) is 0.263. The van der Waals surface area contributed by atoms with Crippen LogP contribution in [0.3, 0.4) is 0 Å². The van der Waals surface area contributed by atoms with Crippen LogP contribution >= 0.6 is 11.6 Å². The van der Waals surface area contributed by atoms with E-state index in [-0.39, 0.29) is 12.3 Å². The number of nitrogens with zero attached hydrogens (tertiary/aromatic N) is 2. The van der Waals surface area contributed by atoms with Gasteiger partial charge in [-0.2, -0.15) is 0 Å². The lowest BCUT2D eigenvalue weighted by Gasteiger charge is -2.11. The largest absolute Gasteiger partial charge is 0.325 e. The summed E-state index contributed by atoms with van der Waals surface area (Å²) in [6.07, 6.45) is 2.62. The highest BCUT2D eigenvalue weighted by Gasteiger charge is 2.21. The van der Waals surface area contributed by atoms with Gasteiger partial charge in [0.1, 0.15) is 6.29 Å². The van der Waals surface area contributed by atoms with Crippen molar-refractivity contribution >= 4 is 41.1 Å². The molecule has 7 heteroatoms. The van der Waals surface area contributed by atoms with Gasteiger partial charge in [-0.25, -0.2) is 9.97 Å². The fourth-order valence-corrected chi connectivity index (χ4v) is 2.97. The van der Waals surface area contributed by atoms with E-state index in [1.165, 1.54) is 0 Å². The minimum Gasteiger partial charge on any atom is -0.325 e. The molecule has 0 saturated carbocycles. The molecule has 0 fully saturated rings. The van der Waals surface area contributed by atoms with Crippen molar-refractivity contribution in [2.45, 2.75) is 6.42 Å². The Morgan fingerprint density at radius 2 is 1.96 bits per heavy atom. The summed E-state index contributed by atoms with van der Waals surface area (Å²) >= 11 is 6.05. The van der Waals surface area contributed by atoms with Gasteiger partial charge in [0.2, 0.25) is 11.9 Å². The molecule has 0 atom stereocenters. The molecule has 0 saturated heterocycles. The van der Waals surface area contributed by atoms with E-state index in [0.29, 0.717) is 27.9 Å². The van der Waals surface area contributed by atoms with E-state index in [9.17, 15) is 9.59 Å². The zero-order chi connectivity index (χ0) is 18.1. The first kappa shape index (κ1) is 16.2. The summed E-state index contributed by atoms with van der Waals surface area (Å²) in [5.41, 5.74) is 4.18. The number of nitrogens with one attached hydrogen (secondary N) is 2. The summed E-state index contributed by atoms with van der Waals surface area (Å²) in [7, 11) is 0. The van der Waals surface area contributed by atoms with Crippen LogP contribution in [-0.4, -0.2) is 22.2 Å². The second-order valence-corrected chi connectivity index (χ2v) is 6.28. The van der Waals surface area contributed by atoms with Gasteiger partial charge in [0, 0.05) is 33.6 Å². The van der Waals surface area contributed by atoms with Gasteiger partial charge in [0.05, 0.1) is 17.8 Å². The molecule has 0 bridgehead atoms. The molecule has 1 aliphatic heterocycles. The van der Waals surface area contributed by atoms with Gasteiger partial charge in [-0.05, 0) is 42.5 Å². The molecular weight excluding hydrogens is 352 g/mol. The molecule has 0 unspecified atom stereocenters. The first-order chi connectivity index (χ1) is 12.6. The summed E-state index contributed by atoms with van der Waals surface area (Å²) in [5, 5.41) is 6.49. The van der Waals surface area contributed by atoms with Crippen molar-refractivity contribution < 1.29 is 9.59 Å². The van der Waals surface area contributed by atoms with Gasteiger partial charge in [-0.3, -0.25) is 9.59 Å². The molecule has 0 aliphatic carbocycles. The van der Waals surface area contributed by atoms with Crippen LogP contribution in [0.15, 0.2) is 48.7 Å². The third-order valence-electron chi connectivity index (χ3n) is 4.03. The SMILES string of the molecule is O=Cc1ccc(Nc2ncc3c(n2)-c2ccc(Cl)cc2NC(=O)C3)cc1. The maximum Gasteiger partial charge on any atom is 0.228 e. The Kier molecular flexibility index (Phi) is 4.10. The van der Waals surface area contributed by atoms with E-state index in [1.807, 2.05) is 6.07 Å². The van der Waals surface area contributed by atoms with Crippen molar-refractivity contribution in [3.8, 4) is 11.3 Å². The molecule has 2 heterocycles. The molecule has 3 aromatic rings. The van der Waals surface area contributed by atoms with Crippen LogP contribution < -0.4 is 10.6 Å². The Balaban J connectivity index is 1.74. The van der Waals surface area contributed by atoms with Crippen LogP contribution in [-0.2, 0) is 11.2 Å². The molecule has 0 spiro atoms. The summed E-state index contributed by atoms with van der Waals surface area (Å²) < 4.78 is 0. The van der Waals surface area contributed by atoms with Gasteiger partial charge < -0.3 is 10.6 Å². The van der Waals surface area contributed by atoms with Crippen LogP contribution in [0.1, 0.15) is 15.9 Å². The molecule has 26 heavy (non-hydrogen) atoms. The first-order valence-electron chi connectivity index (χ1n) is 7.90. The molecule has 1 amide bonds. The van der Waals surface area contributed by atoms with Crippen molar-refractivity contribution in [1.82, 2.24) is 9.97 Å². The zero-order valence-electron chi connectivity index (χ0n) is 13.5. The van der Waals surface area contributed by atoms with Gasteiger partial charge in [0.25, 0.3) is 0 Å². The number of fused-ring (bicyclic) bond motifs is 3. The normalized spacial score (nSPS) is 12.4.